The van der Waals surface area contributed by atoms with Crippen LogP contribution in [-0.4, -0.2) is 70.8 Å². The van der Waals surface area contributed by atoms with Crippen LogP contribution in [0.3, 0.4) is 0 Å². The van der Waals surface area contributed by atoms with Crippen molar-refractivity contribution < 1.29 is 18.7 Å². The molecule has 0 radical (unpaired) electrons. The first-order valence-corrected chi connectivity index (χ1v) is 29.7. The van der Waals surface area contributed by atoms with E-state index in [0.717, 1.165) is 63.8 Å². The minimum absolute atomic E-state index is 0.839. The summed E-state index contributed by atoms with van der Waals surface area (Å²) in [7, 11) is 2.40. The van der Waals surface area contributed by atoms with Gasteiger partial charge in [0.05, 0.1) is 26.9 Å². The van der Waals surface area contributed by atoms with Gasteiger partial charge in [-0.3, -0.25) is 0 Å². The molecule has 0 bridgehead atoms. The lowest BCUT2D eigenvalue weighted by atomic mass is 10.1. The van der Waals surface area contributed by atoms with Crippen LogP contribution in [0.15, 0.2) is 36.5 Å². The van der Waals surface area contributed by atoms with Crippen molar-refractivity contribution in [3.05, 3.63) is 36.5 Å². The quantitative estimate of drug-likeness (QED) is 0.0346. The molecule has 65 heavy (non-hydrogen) atoms. The maximum atomic E-state index is 6.22. The molecule has 0 aliphatic rings. The van der Waals surface area contributed by atoms with Crippen LogP contribution < -0.4 is 0 Å². The zero-order valence-corrected chi connectivity index (χ0v) is 45.2. The van der Waals surface area contributed by atoms with E-state index in [1.165, 1.54) is 270 Å². The van der Waals surface area contributed by atoms with Gasteiger partial charge < -0.3 is 18.7 Å². The van der Waals surface area contributed by atoms with Crippen LogP contribution in [0.4, 0.5) is 0 Å². The van der Waals surface area contributed by atoms with E-state index in [2.05, 4.69) is 64.3 Å². The van der Waals surface area contributed by atoms with Gasteiger partial charge in [-0.25, -0.2) is 0 Å². The fourth-order valence-corrected chi connectivity index (χ4v) is 8.85. The second-order valence-corrected chi connectivity index (χ2v) is 20.4. The van der Waals surface area contributed by atoms with Gasteiger partial charge in [-0.1, -0.05) is 231 Å². The van der Waals surface area contributed by atoms with Crippen molar-refractivity contribution >= 4 is 0 Å². The molecule has 0 amide bonds. The highest BCUT2D eigenvalue weighted by molar-refractivity contribution is 4.82. The Hall–Kier alpha value is -0.940. The Balaban J connectivity index is 4.16. The van der Waals surface area contributed by atoms with E-state index >= 15 is 0 Å². The predicted octanol–water partition coefficient (Wildman–Crippen LogP) is 19.6. The van der Waals surface area contributed by atoms with Crippen LogP contribution in [0.2, 0.25) is 0 Å². The molecule has 0 N–H and O–H groups in total. The number of quaternary nitrogens is 1. The summed E-state index contributed by atoms with van der Waals surface area (Å²) < 4.78 is 19.6. The van der Waals surface area contributed by atoms with Crippen molar-refractivity contribution in [1.29, 1.82) is 0 Å². The maximum Gasteiger partial charge on any atom is 0.102 e. The summed E-state index contributed by atoms with van der Waals surface area (Å²) in [6.45, 7) is 15.2. The highest BCUT2D eigenvalue weighted by Crippen LogP contribution is 2.14. The summed E-state index contributed by atoms with van der Waals surface area (Å²) in [5.41, 5.74) is 0. The number of hydrogen-bond acceptors (Lipinski definition) is 3. The molecule has 0 aromatic carbocycles. The topological polar surface area (TPSA) is 27.7 Å². The molecule has 0 saturated carbocycles. The minimum atomic E-state index is 0.839. The largest absolute Gasteiger partial charge is 0.376 e. The third-order valence-electron chi connectivity index (χ3n) is 13.7. The Morgan fingerprint density at radius 3 is 0.631 bits per heavy atom. The van der Waals surface area contributed by atoms with Gasteiger partial charge in [-0.15, -0.1) is 0 Å². The van der Waals surface area contributed by atoms with E-state index in [-0.39, 0.29) is 0 Å². The van der Waals surface area contributed by atoms with Crippen LogP contribution in [0.5, 0.6) is 0 Å². The molecule has 0 atom stereocenters. The molecule has 4 heteroatoms. The summed E-state index contributed by atoms with van der Waals surface area (Å²) in [5, 5.41) is 0. The third-order valence-corrected chi connectivity index (χ3v) is 13.7. The number of likely N-dealkylation sites (N-methyl/N-ethyl adjacent to an activating group) is 1. The van der Waals surface area contributed by atoms with Crippen LogP contribution >= 0.6 is 0 Å². The van der Waals surface area contributed by atoms with Crippen molar-refractivity contribution in [2.75, 3.05) is 66.3 Å². The lowest BCUT2D eigenvalue weighted by molar-refractivity contribution is -0.910. The summed E-state index contributed by atoms with van der Waals surface area (Å²) in [4.78, 5) is 0. The van der Waals surface area contributed by atoms with Crippen LogP contribution in [-0.2, 0) is 14.2 Å². The molecule has 0 rings (SSSR count). The van der Waals surface area contributed by atoms with Crippen molar-refractivity contribution in [3.8, 4) is 0 Å². The fourth-order valence-electron chi connectivity index (χ4n) is 8.85. The van der Waals surface area contributed by atoms with Crippen molar-refractivity contribution in [2.45, 2.75) is 290 Å². The summed E-state index contributed by atoms with van der Waals surface area (Å²) in [6.07, 6.45) is 71.2. The fraction of sp³-hybridized carbons (Fsp3) is 0.902. The third kappa shape index (κ3) is 55.5. The molecule has 0 fully saturated rings. The van der Waals surface area contributed by atoms with E-state index in [4.69, 9.17) is 14.2 Å². The Bertz CT molecular complexity index is 828. The molecule has 0 aliphatic heterocycles. The van der Waals surface area contributed by atoms with Crippen molar-refractivity contribution in [3.63, 3.8) is 0 Å². The van der Waals surface area contributed by atoms with Gasteiger partial charge in [0.2, 0.25) is 0 Å². The lowest BCUT2D eigenvalue weighted by Gasteiger charge is -2.34. The molecule has 0 spiro atoms. The van der Waals surface area contributed by atoms with Gasteiger partial charge in [0.25, 0.3) is 0 Å². The standard InChI is InChI=1S/C61H120NO3/c1-5-8-11-14-17-20-23-26-29-32-35-38-41-44-47-50-56-63-59-53-62(4,54-60-64-57-51-48-45-42-39-36-33-30-27-24-21-18-15-12-9-6-2)55-61-65-58-52-49-46-43-40-37-34-31-28-25-22-19-16-13-10-7-3/h26-31H,5-25,32-61H2,1-4H3/q+1/b29-26-,30-27-,31-28-. The molecular weight excluding hydrogens is 795 g/mol. The summed E-state index contributed by atoms with van der Waals surface area (Å²) in [5.74, 6) is 0. The zero-order valence-electron chi connectivity index (χ0n) is 45.2. The van der Waals surface area contributed by atoms with Gasteiger partial charge in [0, 0.05) is 19.8 Å². The lowest BCUT2D eigenvalue weighted by Crippen LogP contribution is -2.50. The SMILES string of the molecule is CCCCCCCC/C=C\CCCCCCCCOCC[N+](C)(CCOCCCCCCCC/C=C\CCCCCCCC)CCOCCCCCCCC/C=C\CCCCCCCC. The van der Waals surface area contributed by atoms with E-state index < -0.39 is 0 Å². The molecule has 0 aromatic heterocycles. The zero-order chi connectivity index (χ0) is 46.9. The van der Waals surface area contributed by atoms with Crippen molar-refractivity contribution in [2.24, 2.45) is 0 Å². The van der Waals surface area contributed by atoms with Crippen LogP contribution in [0, 0.1) is 0 Å². The van der Waals surface area contributed by atoms with E-state index in [1.807, 2.05) is 0 Å². The molecule has 0 heterocycles. The van der Waals surface area contributed by atoms with E-state index in [0.29, 0.717) is 0 Å². The van der Waals surface area contributed by atoms with E-state index in [1.54, 1.807) is 0 Å². The molecule has 0 unspecified atom stereocenters. The smallest absolute Gasteiger partial charge is 0.102 e. The Kier molecular flexibility index (Phi) is 56.5. The van der Waals surface area contributed by atoms with Gasteiger partial charge in [-0.2, -0.15) is 0 Å². The van der Waals surface area contributed by atoms with Gasteiger partial charge >= 0.3 is 0 Å². The summed E-state index contributed by atoms with van der Waals surface area (Å²) in [6, 6.07) is 0. The highest BCUT2D eigenvalue weighted by atomic mass is 16.5. The first kappa shape index (κ1) is 64.1. The number of ether oxygens (including phenoxy) is 3. The van der Waals surface area contributed by atoms with Crippen molar-refractivity contribution in [1.82, 2.24) is 0 Å². The second kappa shape index (κ2) is 57.4. The first-order valence-electron chi connectivity index (χ1n) is 29.7. The average Bonchev–Trinajstić information content (AvgIpc) is 3.31. The number of allylic oxidation sites excluding steroid dienone is 6. The molecule has 0 saturated heterocycles. The van der Waals surface area contributed by atoms with Crippen LogP contribution in [0.25, 0.3) is 0 Å². The maximum absolute atomic E-state index is 6.22. The average molecular weight is 916 g/mol. The predicted molar refractivity (Wildman–Crippen MR) is 292 cm³/mol. The van der Waals surface area contributed by atoms with Gasteiger partial charge in [-0.05, 0) is 96.3 Å². The summed E-state index contributed by atoms with van der Waals surface area (Å²) >= 11 is 0. The molecule has 4 nitrogen and oxygen atoms in total. The normalized spacial score (nSPS) is 12.4. The van der Waals surface area contributed by atoms with Crippen LogP contribution in [0.1, 0.15) is 290 Å². The Morgan fingerprint density at radius 2 is 0.415 bits per heavy atom. The number of hydrogen-bond donors (Lipinski definition) is 0. The highest BCUT2D eigenvalue weighted by Gasteiger charge is 2.21. The van der Waals surface area contributed by atoms with Gasteiger partial charge in [0.1, 0.15) is 19.6 Å². The number of unbranched alkanes of at least 4 members (excludes halogenated alkanes) is 36. The molecular formula is C61H120NO3+. The number of rotatable bonds is 57. The Labute approximate surface area is 410 Å². The second-order valence-electron chi connectivity index (χ2n) is 20.4. The molecule has 0 aromatic rings. The van der Waals surface area contributed by atoms with Gasteiger partial charge in [0.15, 0.2) is 0 Å². The minimum Gasteiger partial charge on any atom is -0.376 e. The monoisotopic (exact) mass is 915 g/mol. The Morgan fingerprint density at radius 1 is 0.231 bits per heavy atom. The molecule has 0 aliphatic carbocycles. The first-order chi connectivity index (χ1) is 32.2. The van der Waals surface area contributed by atoms with E-state index in [9.17, 15) is 0 Å². The molecule has 386 valence electrons. The number of nitrogens with zero attached hydrogens (tertiary/aromatic N) is 1.